The number of nitrogens with one attached hydrogen (secondary N) is 1. The van der Waals surface area contributed by atoms with Gasteiger partial charge in [-0.25, -0.2) is 0 Å². The number of fused-ring (bicyclic) bond motifs is 3. The van der Waals surface area contributed by atoms with Crippen molar-refractivity contribution in [1.82, 2.24) is 0 Å². The van der Waals surface area contributed by atoms with E-state index in [1.807, 2.05) is 29.6 Å². The number of furan rings is 1. The van der Waals surface area contributed by atoms with E-state index in [0.29, 0.717) is 16.1 Å². The van der Waals surface area contributed by atoms with E-state index in [-0.39, 0.29) is 35.6 Å². The SMILES string of the molecule is O=C(c1cccs1)c1oc2ccccc2c1NC(=O)C1CC2CCC1O2. The highest BCUT2D eigenvalue weighted by molar-refractivity contribution is 7.12. The van der Waals surface area contributed by atoms with Gasteiger partial charge in [0.25, 0.3) is 0 Å². The van der Waals surface area contributed by atoms with Crippen molar-refractivity contribution in [2.45, 2.75) is 31.5 Å². The number of ketones is 1. The smallest absolute Gasteiger partial charge is 0.240 e. The molecule has 5 nitrogen and oxygen atoms in total. The molecule has 0 aliphatic carbocycles. The fraction of sp³-hybridized carbons (Fsp3) is 0.300. The van der Waals surface area contributed by atoms with E-state index in [2.05, 4.69) is 5.32 Å². The number of rotatable bonds is 4. The molecule has 0 spiro atoms. The molecule has 1 N–H and O–H groups in total. The lowest BCUT2D eigenvalue weighted by Gasteiger charge is -2.17. The third-order valence-electron chi connectivity index (χ3n) is 5.24. The minimum Gasteiger partial charge on any atom is -0.450 e. The van der Waals surface area contributed by atoms with Gasteiger partial charge in [0.1, 0.15) is 5.58 Å². The zero-order chi connectivity index (χ0) is 17.7. The molecule has 2 aliphatic heterocycles. The van der Waals surface area contributed by atoms with Gasteiger partial charge in [0.05, 0.1) is 28.7 Å². The first-order chi connectivity index (χ1) is 12.7. The summed E-state index contributed by atoms with van der Waals surface area (Å²) in [7, 11) is 0. The van der Waals surface area contributed by atoms with Gasteiger partial charge in [0.2, 0.25) is 11.7 Å². The van der Waals surface area contributed by atoms with Crippen LogP contribution in [0.25, 0.3) is 11.0 Å². The molecule has 6 heteroatoms. The molecular formula is C20H17NO4S. The van der Waals surface area contributed by atoms with Gasteiger partial charge in [-0.2, -0.15) is 0 Å². The Hall–Kier alpha value is -2.44. The average molecular weight is 367 g/mol. The van der Waals surface area contributed by atoms with Crippen molar-refractivity contribution in [2.24, 2.45) is 5.92 Å². The van der Waals surface area contributed by atoms with Gasteiger partial charge >= 0.3 is 0 Å². The summed E-state index contributed by atoms with van der Waals surface area (Å²) in [5.74, 6) is -0.280. The summed E-state index contributed by atoms with van der Waals surface area (Å²) in [6.45, 7) is 0. The normalized spacial score (nSPS) is 24.2. The van der Waals surface area contributed by atoms with E-state index in [0.717, 1.165) is 24.6 Å². The highest BCUT2D eigenvalue weighted by Crippen LogP contribution is 2.40. The van der Waals surface area contributed by atoms with Crippen LogP contribution in [0.1, 0.15) is 34.7 Å². The van der Waals surface area contributed by atoms with Crippen LogP contribution in [0.3, 0.4) is 0 Å². The van der Waals surface area contributed by atoms with Gasteiger partial charge in [-0.15, -0.1) is 11.3 Å². The van der Waals surface area contributed by atoms with Gasteiger partial charge in [-0.1, -0.05) is 18.2 Å². The minimum atomic E-state index is -0.212. The van der Waals surface area contributed by atoms with Crippen LogP contribution in [0.15, 0.2) is 46.2 Å². The van der Waals surface area contributed by atoms with Crippen LogP contribution in [0.5, 0.6) is 0 Å². The van der Waals surface area contributed by atoms with Crippen LogP contribution in [-0.4, -0.2) is 23.9 Å². The number of hydrogen-bond acceptors (Lipinski definition) is 5. The number of para-hydroxylation sites is 1. The van der Waals surface area contributed by atoms with Crippen LogP contribution in [0, 0.1) is 5.92 Å². The predicted octanol–water partition coefficient (Wildman–Crippen LogP) is 4.23. The molecule has 26 heavy (non-hydrogen) atoms. The highest BCUT2D eigenvalue weighted by Gasteiger charge is 2.44. The number of anilines is 1. The number of ether oxygens (including phenoxy) is 1. The summed E-state index contributed by atoms with van der Waals surface area (Å²) in [6, 6.07) is 11.0. The number of amides is 1. The largest absolute Gasteiger partial charge is 0.450 e. The molecule has 3 aromatic rings. The molecule has 0 radical (unpaired) electrons. The molecule has 2 saturated heterocycles. The minimum absolute atomic E-state index is 0.00499. The van der Waals surface area contributed by atoms with Crippen molar-refractivity contribution in [3.63, 3.8) is 0 Å². The first-order valence-corrected chi connectivity index (χ1v) is 9.65. The Labute approximate surface area is 153 Å². The Bertz CT molecular complexity index is 991. The van der Waals surface area contributed by atoms with Crippen molar-refractivity contribution in [2.75, 3.05) is 5.32 Å². The number of thiophene rings is 1. The average Bonchev–Trinajstić information content (AvgIpc) is 3.44. The summed E-state index contributed by atoms with van der Waals surface area (Å²) >= 11 is 1.36. The molecule has 2 aromatic heterocycles. The topological polar surface area (TPSA) is 68.5 Å². The van der Waals surface area contributed by atoms with Gasteiger partial charge in [0.15, 0.2) is 5.76 Å². The van der Waals surface area contributed by atoms with Crippen molar-refractivity contribution >= 4 is 39.7 Å². The molecule has 3 atom stereocenters. The van der Waals surface area contributed by atoms with Crippen molar-refractivity contribution in [3.05, 3.63) is 52.4 Å². The third-order valence-corrected chi connectivity index (χ3v) is 6.11. The van der Waals surface area contributed by atoms with Crippen LogP contribution in [0.4, 0.5) is 5.69 Å². The zero-order valence-electron chi connectivity index (χ0n) is 13.9. The summed E-state index contributed by atoms with van der Waals surface area (Å²) in [5, 5.41) is 5.56. The Balaban J connectivity index is 1.52. The van der Waals surface area contributed by atoms with Crippen LogP contribution in [0.2, 0.25) is 0 Å². The fourth-order valence-corrected chi connectivity index (χ4v) is 4.64. The maximum Gasteiger partial charge on any atom is 0.240 e. The van der Waals surface area contributed by atoms with E-state index < -0.39 is 0 Å². The molecule has 3 unspecified atom stereocenters. The maximum atomic E-state index is 12.9. The first-order valence-electron chi connectivity index (χ1n) is 8.77. The van der Waals surface area contributed by atoms with E-state index in [1.165, 1.54) is 11.3 Å². The van der Waals surface area contributed by atoms with Crippen molar-refractivity contribution in [3.8, 4) is 0 Å². The summed E-state index contributed by atoms with van der Waals surface area (Å²) in [4.78, 5) is 26.3. The summed E-state index contributed by atoms with van der Waals surface area (Å²) < 4.78 is 11.6. The molecule has 2 aliphatic rings. The quantitative estimate of drug-likeness (QED) is 0.701. The molecule has 1 aromatic carbocycles. The molecule has 132 valence electrons. The van der Waals surface area contributed by atoms with Gasteiger partial charge < -0.3 is 14.5 Å². The molecule has 2 fully saturated rings. The first kappa shape index (κ1) is 15.8. The zero-order valence-corrected chi connectivity index (χ0v) is 14.8. The molecule has 5 rings (SSSR count). The van der Waals surface area contributed by atoms with E-state index >= 15 is 0 Å². The standard InChI is InChI=1S/C20H17NO4S/c22-18(16-6-3-9-26-16)19-17(12-4-1-2-5-14(12)25-19)21-20(23)13-10-11-7-8-15(13)24-11/h1-6,9,11,13,15H,7-8,10H2,(H,21,23). The van der Waals surface area contributed by atoms with Crippen molar-refractivity contribution < 1.29 is 18.7 Å². The molecule has 2 bridgehead atoms. The molecule has 4 heterocycles. The summed E-state index contributed by atoms with van der Waals surface area (Å²) in [6.07, 6.45) is 2.90. The lowest BCUT2D eigenvalue weighted by Crippen LogP contribution is -2.30. The number of benzene rings is 1. The van der Waals surface area contributed by atoms with Crippen LogP contribution < -0.4 is 5.32 Å². The van der Waals surface area contributed by atoms with Gasteiger partial charge in [-0.3, -0.25) is 9.59 Å². The Morgan fingerprint density at radius 2 is 2.00 bits per heavy atom. The third kappa shape index (κ3) is 2.48. The maximum absolute atomic E-state index is 12.9. The second-order valence-electron chi connectivity index (χ2n) is 6.81. The Kier molecular flexibility index (Phi) is 3.69. The predicted molar refractivity (Wildman–Crippen MR) is 98.6 cm³/mol. The van der Waals surface area contributed by atoms with Gasteiger partial charge in [-0.05, 0) is 42.8 Å². The lowest BCUT2D eigenvalue weighted by molar-refractivity contribution is -0.121. The van der Waals surface area contributed by atoms with Crippen LogP contribution >= 0.6 is 11.3 Å². The monoisotopic (exact) mass is 367 g/mol. The number of carbonyl (C=O) groups is 2. The fourth-order valence-electron chi connectivity index (χ4n) is 3.98. The van der Waals surface area contributed by atoms with Gasteiger partial charge in [0, 0.05) is 5.39 Å². The Morgan fingerprint density at radius 3 is 2.73 bits per heavy atom. The highest BCUT2D eigenvalue weighted by atomic mass is 32.1. The number of carbonyl (C=O) groups excluding carboxylic acids is 2. The van der Waals surface area contributed by atoms with E-state index in [1.54, 1.807) is 12.1 Å². The number of hydrogen-bond donors (Lipinski definition) is 1. The van der Waals surface area contributed by atoms with Crippen molar-refractivity contribution in [1.29, 1.82) is 0 Å². The second-order valence-corrected chi connectivity index (χ2v) is 7.76. The molecule has 1 amide bonds. The Morgan fingerprint density at radius 1 is 1.12 bits per heavy atom. The molecule has 0 saturated carbocycles. The van der Waals surface area contributed by atoms with Crippen LogP contribution in [-0.2, 0) is 9.53 Å². The molecular weight excluding hydrogens is 350 g/mol. The second kappa shape index (κ2) is 6.07. The summed E-state index contributed by atoms with van der Waals surface area (Å²) in [5.41, 5.74) is 1.05. The van der Waals surface area contributed by atoms with E-state index in [4.69, 9.17) is 9.15 Å². The van der Waals surface area contributed by atoms with E-state index in [9.17, 15) is 9.59 Å². The lowest BCUT2D eigenvalue weighted by atomic mass is 9.88.